The molecule has 11 heteroatoms. The van der Waals surface area contributed by atoms with E-state index in [2.05, 4.69) is 16.5 Å². The van der Waals surface area contributed by atoms with Gasteiger partial charge in [-0.05, 0) is 67.2 Å². The number of hydroxylamine groups is 1. The largest absolute Gasteiger partial charge is 0.608 e. The molecule has 1 aromatic heterocycles. The maximum atomic E-state index is 13.8. The van der Waals surface area contributed by atoms with Gasteiger partial charge in [0, 0.05) is 25.3 Å². The van der Waals surface area contributed by atoms with Crippen LogP contribution in [0.1, 0.15) is 55.4 Å². The number of nitrogens with zero attached hydrogens (tertiary/aromatic N) is 3. The Morgan fingerprint density at radius 2 is 1.89 bits per heavy atom. The molecule has 2 unspecified atom stereocenters. The van der Waals surface area contributed by atoms with Crippen LogP contribution >= 0.6 is 0 Å². The van der Waals surface area contributed by atoms with Crippen LogP contribution in [-0.2, 0) is 47.7 Å². The topological polar surface area (TPSA) is 121 Å². The second-order valence-electron chi connectivity index (χ2n) is 10.5. The summed E-state index contributed by atoms with van der Waals surface area (Å²) in [4.78, 5) is 13.2. The second kappa shape index (κ2) is 8.88. The van der Waals surface area contributed by atoms with E-state index in [9.17, 15) is 18.4 Å². The zero-order valence-corrected chi connectivity index (χ0v) is 21.3. The minimum absolute atomic E-state index is 0.259. The lowest BCUT2D eigenvalue weighted by molar-refractivity contribution is -0.604. The number of aromatic nitrogens is 2. The van der Waals surface area contributed by atoms with Gasteiger partial charge in [-0.1, -0.05) is 19.9 Å². The van der Waals surface area contributed by atoms with E-state index in [-0.39, 0.29) is 5.69 Å². The van der Waals surface area contributed by atoms with Crippen molar-refractivity contribution in [3.05, 3.63) is 45.9 Å². The number of anilines is 2. The molecule has 10 nitrogen and oxygen atoms in total. The fourth-order valence-electron chi connectivity index (χ4n) is 5.80. The van der Waals surface area contributed by atoms with Gasteiger partial charge in [0.2, 0.25) is 0 Å². The lowest BCUT2D eigenvalue weighted by Crippen LogP contribution is -3.14. The van der Waals surface area contributed by atoms with Crippen LogP contribution in [0, 0.1) is 10.6 Å². The van der Waals surface area contributed by atoms with E-state index in [0.29, 0.717) is 25.3 Å². The Morgan fingerprint density at radius 3 is 2.46 bits per heavy atom. The highest BCUT2D eigenvalue weighted by Crippen LogP contribution is 2.39. The highest BCUT2D eigenvalue weighted by atomic mass is 32.2. The summed E-state index contributed by atoms with van der Waals surface area (Å²) < 4.78 is 34.2. The third-order valence-electron chi connectivity index (χ3n) is 7.53. The Hall–Kier alpha value is -2.47. The quantitative estimate of drug-likeness (QED) is 0.601. The second-order valence-corrected chi connectivity index (χ2v) is 12.2. The molecule has 1 aromatic carbocycles. The van der Waals surface area contributed by atoms with Crippen molar-refractivity contribution in [2.24, 2.45) is 12.5 Å². The van der Waals surface area contributed by atoms with Gasteiger partial charge < -0.3 is 9.94 Å². The predicted molar refractivity (Wildman–Crippen MR) is 131 cm³/mol. The third kappa shape index (κ3) is 4.24. The molecule has 0 saturated carbocycles. The van der Waals surface area contributed by atoms with Crippen LogP contribution < -0.4 is 14.1 Å². The molecule has 2 heterocycles. The maximum Gasteiger partial charge on any atom is 0.436 e. The Morgan fingerprint density at radius 1 is 1.23 bits per heavy atom. The number of ether oxygens (including phenoxy) is 1. The molecule has 2 amide bonds. The van der Waals surface area contributed by atoms with Crippen LogP contribution in [0.3, 0.4) is 0 Å². The van der Waals surface area contributed by atoms with E-state index in [1.54, 1.807) is 13.2 Å². The van der Waals surface area contributed by atoms with Gasteiger partial charge in [0.1, 0.15) is 0 Å². The molecule has 0 bridgehead atoms. The summed E-state index contributed by atoms with van der Waals surface area (Å²) in [6, 6.07) is 0.543. The molecule has 1 fully saturated rings. The molecule has 5 rings (SSSR count). The van der Waals surface area contributed by atoms with E-state index >= 15 is 0 Å². The minimum atomic E-state index is -4.69. The molecule has 190 valence electrons. The molecule has 0 radical (unpaired) electrons. The number of benzene rings is 1. The molecule has 1 saturated heterocycles. The first kappa shape index (κ1) is 24.2. The molecule has 1 aliphatic heterocycles. The monoisotopic (exact) mass is 503 g/mol. The van der Waals surface area contributed by atoms with Gasteiger partial charge in [0.25, 0.3) is 0 Å². The fraction of sp³-hybridized carbons (Fsp3) is 0.583. The lowest BCUT2D eigenvalue weighted by atomic mass is 9.82. The summed E-state index contributed by atoms with van der Waals surface area (Å²) in [6.45, 7) is 4.50. The van der Waals surface area contributed by atoms with Crippen LogP contribution in [0.15, 0.2) is 18.5 Å². The third-order valence-corrected chi connectivity index (χ3v) is 9.17. The summed E-state index contributed by atoms with van der Waals surface area (Å²) in [5.74, 6) is 0. The molecule has 2 atom stereocenters. The van der Waals surface area contributed by atoms with Crippen molar-refractivity contribution in [1.82, 2.24) is 9.78 Å². The first-order valence-corrected chi connectivity index (χ1v) is 13.7. The molecule has 35 heavy (non-hydrogen) atoms. The summed E-state index contributed by atoms with van der Waals surface area (Å²) in [5, 5.41) is 20.2. The molecule has 2 aliphatic carbocycles. The summed E-state index contributed by atoms with van der Waals surface area (Å²) >= 11 is 0. The van der Waals surface area contributed by atoms with Crippen molar-refractivity contribution >= 4 is 27.6 Å². The number of fused-ring (bicyclic) bond motifs is 2. The summed E-state index contributed by atoms with van der Waals surface area (Å²) in [5.41, 5.74) is 4.81. The number of aryl methyl sites for hydroxylation is 3. The standard InChI is InChI=1S/C24H33N5O5S/c1-24(2)15-34-11-10-21(24)28(18-13-25-27(3)14-18)35(32,33)29(31)23(30)26-22-19-8-4-6-16(19)12-17-7-5-9-20(17)22/h12-14,21,29H,4-11,15H2,1-3H3,(H,26,30). The Balaban J connectivity index is 1.49. The fourth-order valence-corrected chi connectivity index (χ4v) is 7.36. The van der Waals surface area contributed by atoms with Gasteiger partial charge in [0.15, 0.2) is 0 Å². The van der Waals surface area contributed by atoms with Crippen LogP contribution in [0.5, 0.6) is 0 Å². The number of urea groups is 1. The first-order chi connectivity index (χ1) is 16.6. The van der Waals surface area contributed by atoms with Crippen LogP contribution in [0.2, 0.25) is 0 Å². The SMILES string of the molecule is Cn1cc(N(C2CCOCC2(C)C)S(=O)(=O)[NH+]([O-])C(=O)Nc2c3c(cc4c2CCC4)CCC3)cn1. The normalized spacial score (nSPS) is 21.9. The van der Waals surface area contributed by atoms with Crippen LogP contribution in [-0.4, -0.2) is 43.5 Å². The average Bonchev–Trinajstić information content (AvgIpc) is 3.55. The van der Waals surface area contributed by atoms with Gasteiger partial charge >= 0.3 is 16.2 Å². The lowest BCUT2D eigenvalue weighted by Gasteiger charge is -2.44. The Bertz CT molecular complexity index is 1220. The van der Waals surface area contributed by atoms with E-state index in [1.165, 1.54) is 22.0 Å². The maximum absolute atomic E-state index is 13.8. The Labute approximate surface area is 206 Å². The number of rotatable bonds is 5. The van der Waals surface area contributed by atoms with E-state index < -0.39 is 32.2 Å². The zero-order chi connectivity index (χ0) is 25.0. The zero-order valence-electron chi connectivity index (χ0n) is 20.5. The van der Waals surface area contributed by atoms with E-state index in [0.717, 1.165) is 54.0 Å². The number of carbonyl (C=O) groups is 1. The van der Waals surface area contributed by atoms with Crippen LogP contribution in [0.25, 0.3) is 0 Å². The van der Waals surface area contributed by atoms with E-state index in [1.807, 2.05) is 13.8 Å². The van der Waals surface area contributed by atoms with Crippen molar-refractivity contribution in [2.45, 2.75) is 64.8 Å². The highest BCUT2D eigenvalue weighted by Gasteiger charge is 2.47. The number of quaternary nitrogens is 1. The smallest absolute Gasteiger partial charge is 0.436 e. The molecular weight excluding hydrogens is 470 g/mol. The van der Waals surface area contributed by atoms with Gasteiger partial charge in [0.05, 0.1) is 30.2 Å². The van der Waals surface area contributed by atoms with Crippen molar-refractivity contribution in [3.63, 3.8) is 0 Å². The molecule has 0 spiro atoms. The van der Waals surface area contributed by atoms with Crippen molar-refractivity contribution in [2.75, 3.05) is 22.8 Å². The molecule has 2 aromatic rings. The van der Waals surface area contributed by atoms with Gasteiger partial charge in [-0.3, -0.25) is 10.00 Å². The number of carbonyl (C=O) groups excluding carboxylic acids is 1. The molecule has 2 N–H and O–H groups in total. The predicted octanol–water partition coefficient (Wildman–Crippen LogP) is 1.88. The minimum Gasteiger partial charge on any atom is -0.608 e. The first-order valence-electron chi connectivity index (χ1n) is 12.2. The number of hydrogen-bond acceptors (Lipinski definition) is 6. The summed E-state index contributed by atoms with van der Waals surface area (Å²) in [7, 11) is -3.01. The number of nitrogens with one attached hydrogen (secondary N) is 2. The number of amides is 2. The van der Waals surface area contributed by atoms with Crippen molar-refractivity contribution < 1.29 is 22.4 Å². The van der Waals surface area contributed by atoms with Gasteiger partial charge in [-0.2, -0.15) is 18.0 Å². The highest BCUT2D eigenvalue weighted by molar-refractivity contribution is 7.86. The van der Waals surface area contributed by atoms with Gasteiger partial charge in [-0.25, -0.2) is 9.10 Å². The van der Waals surface area contributed by atoms with Gasteiger partial charge in [-0.15, -0.1) is 0 Å². The molecular formula is C24H33N5O5S. The van der Waals surface area contributed by atoms with E-state index in [4.69, 9.17) is 4.74 Å². The number of hydrogen-bond donors (Lipinski definition) is 2. The average molecular weight is 504 g/mol. The summed E-state index contributed by atoms with van der Waals surface area (Å²) in [6.07, 6.45) is 8.83. The van der Waals surface area contributed by atoms with Crippen molar-refractivity contribution in [1.29, 1.82) is 0 Å². The Kier molecular flexibility index (Phi) is 6.15. The molecule has 3 aliphatic rings. The van der Waals surface area contributed by atoms with Crippen LogP contribution in [0.4, 0.5) is 16.2 Å². The van der Waals surface area contributed by atoms with Crippen molar-refractivity contribution in [3.8, 4) is 0 Å².